The molecule has 0 heterocycles. The molecule has 3 aromatic carbocycles. The second-order valence-corrected chi connectivity index (χ2v) is 11.7. The Kier molecular flexibility index (Phi) is 10.3. The maximum absolute atomic E-state index is 14.1. The molecule has 1 atom stereocenters. The predicted molar refractivity (Wildman–Crippen MR) is 158 cm³/mol. The van der Waals surface area contributed by atoms with E-state index in [0.29, 0.717) is 24.4 Å². The molecule has 9 heteroatoms. The molecule has 0 unspecified atom stereocenters. The summed E-state index contributed by atoms with van der Waals surface area (Å²) < 4.78 is 34.4. The largest absolute Gasteiger partial charge is 0.497 e. The number of carbonyl (C=O) groups is 2. The minimum atomic E-state index is -4.11. The number of carbonyl (C=O) groups excluding carboxylic acids is 2. The van der Waals surface area contributed by atoms with Crippen LogP contribution in [-0.2, 0) is 26.2 Å². The van der Waals surface area contributed by atoms with E-state index in [1.165, 1.54) is 4.90 Å². The van der Waals surface area contributed by atoms with Gasteiger partial charge < -0.3 is 15.0 Å². The second kappa shape index (κ2) is 13.5. The third-order valence-electron chi connectivity index (χ3n) is 6.76. The van der Waals surface area contributed by atoms with Crippen LogP contribution in [0.25, 0.3) is 0 Å². The first kappa shape index (κ1) is 30.7. The van der Waals surface area contributed by atoms with E-state index < -0.39 is 28.5 Å². The van der Waals surface area contributed by atoms with Crippen LogP contribution in [0.3, 0.4) is 0 Å². The van der Waals surface area contributed by atoms with E-state index in [2.05, 4.69) is 5.32 Å². The SMILES string of the molecule is CCNC(=O)[C@H](CC)N(Cc1ccc(OC)cc1)C(=O)CN(c1ccc(C)cc1C)S(=O)(=O)c1ccc(C)cc1. The van der Waals surface area contributed by atoms with Crippen LogP contribution < -0.4 is 14.4 Å². The smallest absolute Gasteiger partial charge is 0.264 e. The number of ether oxygens (including phenoxy) is 1. The molecule has 0 radical (unpaired) electrons. The van der Waals surface area contributed by atoms with Crippen LogP contribution in [0.2, 0.25) is 0 Å². The Morgan fingerprint density at radius 3 is 2.08 bits per heavy atom. The summed E-state index contributed by atoms with van der Waals surface area (Å²) in [6.45, 7) is 9.35. The van der Waals surface area contributed by atoms with Crippen molar-refractivity contribution in [1.29, 1.82) is 0 Å². The number of likely N-dealkylation sites (N-methyl/N-ethyl adjacent to an activating group) is 1. The molecule has 0 bridgehead atoms. The van der Waals surface area contributed by atoms with Gasteiger partial charge in [0.15, 0.2) is 0 Å². The molecule has 0 aliphatic carbocycles. The first-order valence-electron chi connectivity index (χ1n) is 13.4. The molecule has 0 fully saturated rings. The van der Waals surface area contributed by atoms with Gasteiger partial charge in [-0.15, -0.1) is 0 Å². The number of amides is 2. The van der Waals surface area contributed by atoms with Crippen LogP contribution in [-0.4, -0.2) is 51.4 Å². The maximum Gasteiger partial charge on any atom is 0.264 e. The van der Waals surface area contributed by atoms with Crippen molar-refractivity contribution in [3.8, 4) is 5.75 Å². The van der Waals surface area contributed by atoms with Gasteiger partial charge in [0.05, 0.1) is 17.7 Å². The summed E-state index contributed by atoms with van der Waals surface area (Å²) in [5.74, 6) is -0.0986. The Morgan fingerprint density at radius 2 is 1.52 bits per heavy atom. The molecule has 0 saturated carbocycles. The number of methoxy groups -OCH3 is 1. The monoisotopic (exact) mass is 565 g/mol. The topological polar surface area (TPSA) is 96.0 Å². The Morgan fingerprint density at radius 1 is 0.900 bits per heavy atom. The van der Waals surface area contributed by atoms with Gasteiger partial charge in [-0.05, 0) is 75.6 Å². The summed E-state index contributed by atoms with van der Waals surface area (Å²) in [4.78, 5) is 28.7. The number of benzene rings is 3. The van der Waals surface area contributed by atoms with Gasteiger partial charge in [-0.1, -0.05) is 54.4 Å². The zero-order valence-corrected chi connectivity index (χ0v) is 24.9. The van der Waals surface area contributed by atoms with Crippen LogP contribution in [0.4, 0.5) is 5.69 Å². The van der Waals surface area contributed by atoms with E-state index in [4.69, 9.17) is 4.74 Å². The number of sulfonamides is 1. The molecular formula is C31H39N3O5S. The van der Waals surface area contributed by atoms with Crippen LogP contribution in [0, 0.1) is 20.8 Å². The van der Waals surface area contributed by atoms with Gasteiger partial charge in [-0.3, -0.25) is 13.9 Å². The zero-order valence-electron chi connectivity index (χ0n) is 24.1. The Balaban J connectivity index is 2.08. The molecule has 8 nitrogen and oxygen atoms in total. The number of aryl methyl sites for hydroxylation is 3. The predicted octanol–water partition coefficient (Wildman–Crippen LogP) is 4.76. The molecule has 0 spiro atoms. The van der Waals surface area contributed by atoms with Gasteiger partial charge >= 0.3 is 0 Å². The molecule has 214 valence electrons. The Hall–Kier alpha value is -3.85. The number of nitrogens with zero attached hydrogens (tertiary/aromatic N) is 2. The number of anilines is 1. The molecule has 0 saturated heterocycles. The highest BCUT2D eigenvalue weighted by Gasteiger charge is 2.34. The maximum atomic E-state index is 14.1. The van der Waals surface area contributed by atoms with Gasteiger partial charge in [0.1, 0.15) is 18.3 Å². The molecule has 1 N–H and O–H groups in total. The zero-order chi connectivity index (χ0) is 29.4. The Bertz CT molecular complexity index is 1420. The molecule has 3 rings (SSSR count). The van der Waals surface area contributed by atoms with E-state index in [1.807, 2.05) is 58.9 Å². The molecule has 0 aliphatic rings. The van der Waals surface area contributed by atoms with Crippen molar-refractivity contribution in [2.24, 2.45) is 0 Å². The summed E-state index contributed by atoms with van der Waals surface area (Å²) >= 11 is 0. The highest BCUT2D eigenvalue weighted by molar-refractivity contribution is 7.92. The standard InChI is InChI=1S/C31H39N3O5S/c1-7-28(31(36)32-8-2)33(20-25-12-14-26(39-6)15-13-25)30(35)21-34(29-18-11-23(4)19-24(29)5)40(37,38)27-16-9-22(3)10-17-27/h9-19,28H,7-8,20-21H2,1-6H3,(H,32,36)/t28-/m0/s1. The van der Waals surface area contributed by atoms with E-state index in [-0.39, 0.29) is 17.3 Å². The molecule has 0 aromatic heterocycles. The summed E-state index contributed by atoms with van der Waals surface area (Å²) in [6, 6.07) is 18.4. The molecular weight excluding hydrogens is 526 g/mol. The summed E-state index contributed by atoms with van der Waals surface area (Å²) in [6.07, 6.45) is 0.363. The Labute approximate surface area is 238 Å². The van der Waals surface area contributed by atoms with Crippen LogP contribution in [0.15, 0.2) is 71.6 Å². The van der Waals surface area contributed by atoms with Crippen molar-refractivity contribution >= 4 is 27.5 Å². The van der Waals surface area contributed by atoms with Crippen molar-refractivity contribution in [3.05, 3.63) is 89.0 Å². The molecule has 3 aromatic rings. The lowest BCUT2D eigenvalue weighted by Crippen LogP contribution is -2.52. The second-order valence-electron chi connectivity index (χ2n) is 9.80. The fourth-order valence-electron chi connectivity index (χ4n) is 4.58. The van der Waals surface area contributed by atoms with Crippen molar-refractivity contribution in [2.75, 3.05) is 24.5 Å². The lowest BCUT2D eigenvalue weighted by Gasteiger charge is -2.33. The van der Waals surface area contributed by atoms with Crippen molar-refractivity contribution in [3.63, 3.8) is 0 Å². The summed E-state index contributed by atoms with van der Waals surface area (Å²) in [5.41, 5.74) is 3.82. The van der Waals surface area contributed by atoms with Gasteiger partial charge in [-0.25, -0.2) is 8.42 Å². The average molecular weight is 566 g/mol. The van der Waals surface area contributed by atoms with Crippen LogP contribution in [0.5, 0.6) is 5.75 Å². The first-order chi connectivity index (χ1) is 19.0. The van der Waals surface area contributed by atoms with Crippen molar-refractivity contribution in [1.82, 2.24) is 10.2 Å². The van der Waals surface area contributed by atoms with E-state index in [1.54, 1.807) is 49.6 Å². The van der Waals surface area contributed by atoms with Crippen LogP contribution in [0.1, 0.15) is 42.5 Å². The highest BCUT2D eigenvalue weighted by atomic mass is 32.2. The third-order valence-corrected chi connectivity index (χ3v) is 8.53. The minimum absolute atomic E-state index is 0.0864. The van der Waals surface area contributed by atoms with Gasteiger partial charge in [0, 0.05) is 13.1 Å². The van der Waals surface area contributed by atoms with Crippen LogP contribution >= 0.6 is 0 Å². The molecule has 0 aliphatic heterocycles. The number of hydrogen-bond acceptors (Lipinski definition) is 5. The van der Waals surface area contributed by atoms with E-state index >= 15 is 0 Å². The highest BCUT2D eigenvalue weighted by Crippen LogP contribution is 2.28. The molecule has 40 heavy (non-hydrogen) atoms. The molecule has 2 amide bonds. The van der Waals surface area contributed by atoms with Gasteiger partial charge in [0.2, 0.25) is 11.8 Å². The first-order valence-corrected chi connectivity index (χ1v) is 14.8. The van der Waals surface area contributed by atoms with Gasteiger partial charge in [0.25, 0.3) is 10.0 Å². The average Bonchev–Trinajstić information content (AvgIpc) is 2.92. The lowest BCUT2D eigenvalue weighted by molar-refractivity contribution is -0.140. The fourth-order valence-corrected chi connectivity index (χ4v) is 6.05. The van der Waals surface area contributed by atoms with Crippen molar-refractivity contribution < 1.29 is 22.7 Å². The minimum Gasteiger partial charge on any atom is -0.497 e. The summed E-state index contributed by atoms with van der Waals surface area (Å²) in [7, 11) is -2.54. The van der Waals surface area contributed by atoms with E-state index in [0.717, 1.165) is 26.6 Å². The number of rotatable bonds is 12. The fraction of sp³-hybridized carbons (Fsp3) is 0.355. The third kappa shape index (κ3) is 7.21. The van der Waals surface area contributed by atoms with Crippen molar-refractivity contribution in [2.45, 2.75) is 58.5 Å². The normalized spacial score (nSPS) is 11.9. The number of nitrogens with one attached hydrogen (secondary N) is 1. The summed E-state index contributed by atoms with van der Waals surface area (Å²) in [5, 5.41) is 2.81. The quantitative estimate of drug-likeness (QED) is 0.342. The van der Waals surface area contributed by atoms with Gasteiger partial charge in [-0.2, -0.15) is 0 Å². The van der Waals surface area contributed by atoms with E-state index in [9.17, 15) is 18.0 Å². The number of hydrogen-bond donors (Lipinski definition) is 1. The lowest BCUT2D eigenvalue weighted by atomic mass is 10.1.